The van der Waals surface area contributed by atoms with Gasteiger partial charge in [0.15, 0.2) is 0 Å². The summed E-state index contributed by atoms with van der Waals surface area (Å²) in [7, 11) is 0. The monoisotopic (exact) mass is 141 g/mol. The first-order valence-electron chi connectivity index (χ1n) is 3.53. The largest absolute Gasteiger partial charge is 0.464 e. The van der Waals surface area contributed by atoms with E-state index in [1.807, 2.05) is 0 Å². The van der Waals surface area contributed by atoms with Gasteiger partial charge in [-0.2, -0.15) is 0 Å². The third-order valence-corrected chi connectivity index (χ3v) is 1.41. The van der Waals surface area contributed by atoms with Crippen LogP contribution in [0.4, 0.5) is 0 Å². The molecule has 1 unspecified atom stereocenters. The Morgan fingerprint density at radius 1 is 1.90 bits per heavy atom. The lowest BCUT2D eigenvalue weighted by Gasteiger charge is -2.04. The molecule has 1 heterocycles. The number of esters is 1. The number of ether oxygens (including phenoxy) is 1. The molecule has 1 aliphatic heterocycles. The van der Waals surface area contributed by atoms with Crippen molar-refractivity contribution in [1.29, 1.82) is 0 Å². The molecule has 0 N–H and O–H groups in total. The number of hydrogen-bond acceptors (Lipinski definition) is 3. The van der Waals surface area contributed by atoms with Crippen molar-refractivity contribution in [2.45, 2.75) is 25.8 Å². The van der Waals surface area contributed by atoms with Gasteiger partial charge in [0.25, 0.3) is 0 Å². The molecule has 1 atom stereocenters. The Labute approximate surface area is 60.1 Å². The molecule has 3 heteroatoms. The van der Waals surface area contributed by atoms with Crippen molar-refractivity contribution in [3.05, 3.63) is 0 Å². The van der Waals surface area contributed by atoms with Crippen LogP contribution in [-0.4, -0.2) is 24.8 Å². The highest BCUT2D eigenvalue weighted by Crippen LogP contribution is 2.09. The summed E-state index contributed by atoms with van der Waals surface area (Å²) in [5.41, 5.74) is 0. The number of carbonyl (C=O) groups is 1. The predicted octanol–water partition coefficient (Wildman–Crippen LogP) is 0.783. The number of hydrogen-bond donors (Lipinski definition) is 0. The van der Waals surface area contributed by atoms with Crippen molar-refractivity contribution in [2.24, 2.45) is 4.99 Å². The van der Waals surface area contributed by atoms with E-state index in [4.69, 9.17) is 4.74 Å². The van der Waals surface area contributed by atoms with Gasteiger partial charge in [0, 0.05) is 0 Å². The van der Waals surface area contributed by atoms with Crippen LogP contribution in [-0.2, 0) is 9.53 Å². The van der Waals surface area contributed by atoms with Crippen LogP contribution in [0.15, 0.2) is 4.99 Å². The fourth-order valence-corrected chi connectivity index (χ4v) is 0.926. The SMILES string of the molecule is CCOC(=O)C1CCC=N1. The summed E-state index contributed by atoms with van der Waals surface area (Å²) in [6.45, 7) is 2.25. The smallest absolute Gasteiger partial charge is 0.330 e. The Hall–Kier alpha value is -0.860. The van der Waals surface area contributed by atoms with Gasteiger partial charge in [0.05, 0.1) is 6.61 Å². The first-order chi connectivity index (χ1) is 4.84. The van der Waals surface area contributed by atoms with Crippen LogP contribution in [0.25, 0.3) is 0 Å². The summed E-state index contributed by atoms with van der Waals surface area (Å²) in [4.78, 5) is 14.9. The van der Waals surface area contributed by atoms with E-state index < -0.39 is 0 Å². The Morgan fingerprint density at radius 2 is 2.70 bits per heavy atom. The van der Waals surface area contributed by atoms with E-state index in [1.165, 1.54) is 0 Å². The molecular formula is C7H11NO2. The van der Waals surface area contributed by atoms with Crippen LogP contribution in [0.1, 0.15) is 19.8 Å². The van der Waals surface area contributed by atoms with Gasteiger partial charge in [0.1, 0.15) is 6.04 Å². The molecule has 56 valence electrons. The van der Waals surface area contributed by atoms with Gasteiger partial charge in [-0.15, -0.1) is 0 Å². The normalized spacial score (nSPS) is 23.1. The zero-order valence-corrected chi connectivity index (χ0v) is 6.04. The van der Waals surface area contributed by atoms with E-state index in [0.717, 1.165) is 12.8 Å². The minimum atomic E-state index is -0.208. The molecule has 0 radical (unpaired) electrons. The third kappa shape index (κ3) is 1.56. The quantitative estimate of drug-likeness (QED) is 0.533. The minimum Gasteiger partial charge on any atom is -0.464 e. The number of nitrogens with zero attached hydrogens (tertiary/aromatic N) is 1. The second-order valence-corrected chi connectivity index (χ2v) is 2.18. The van der Waals surface area contributed by atoms with Crippen LogP contribution in [0, 0.1) is 0 Å². The van der Waals surface area contributed by atoms with Crippen molar-refractivity contribution in [1.82, 2.24) is 0 Å². The van der Waals surface area contributed by atoms with E-state index in [-0.39, 0.29) is 12.0 Å². The Kier molecular flexibility index (Phi) is 2.42. The molecule has 0 saturated carbocycles. The van der Waals surface area contributed by atoms with Crippen molar-refractivity contribution >= 4 is 12.2 Å². The number of aliphatic imine (C=N–C) groups is 1. The van der Waals surface area contributed by atoms with Crippen molar-refractivity contribution in [3.8, 4) is 0 Å². The molecule has 1 aliphatic rings. The summed E-state index contributed by atoms with van der Waals surface area (Å²) in [6.07, 6.45) is 3.50. The molecule has 0 aromatic heterocycles. The molecule has 0 amide bonds. The third-order valence-electron chi connectivity index (χ3n) is 1.41. The van der Waals surface area contributed by atoms with E-state index >= 15 is 0 Å². The molecular weight excluding hydrogens is 130 g/mol. The topological polar surface area (TPSA) is 38.7 Å². The zero-order valence-electron chi connectivity index (χ0n) is 6.04. The molecule has 3 nitrogen and oxygen atoms in total. The molecule has 0 aromatic carbocycles. The molecule has 10 heavy (non-hydrogen) atoms. The van der Waals surface area contributed by atoms with E-state index in [1.54, 1.807) is 13.1 Å². The maximum Gasteiger partial charge on any atom is 0.330 e. The maximum atomic E-state index is 10.9. The van der Waals surface area contributed by atoms with Crippen molar-refractivity contribution < 1.29 is 9.53 Å². The Bertz CT molecular complexity index is 154. The molecule has 0 spiro atoms. The summed E-state index contributed by atoms with van der Waals surface area (Å²) < 4.78 is 4.77. The standard InChI is InChI=1S/C7H11NO2/c1-2-10-7(9)6-4-3-5-8-6/h5-6H,2-4H2,1H3. The van der Waals surface area contributed by atoms with Gasteiger partial charge in [0.2, 0.25) is 0 Å². The molecule has 0 saturated heterocycles. The van der Waals surface area contributed by atoms with Crippen LogP contribution in [0.3, 0.4) is 0 Å². The van der Waals surface area contributed by atoms with E-state index in [9.17, 15) is 4.79 Å². The highest BCUT2D eigenvalue weighted by molar-refractivity contribution is 5.80. The molecule has 0 fully saturated rings. The second kappa shape index (κ2) is 3.34. The highest BCUT2D eigenvalue weighted by Gasteiger charge is 2.19. The Morgan fingerprint density at radius 3 is 3.20 bits per heavy atom. The summed E-state index contributed by atoms with van der Waals surface area (Å²) in [5.74, 6) is -0.184. The number of carbonyl (C=O) groups excluding carboxylic acids is 1. The fourth-order valence-electron chi connectivity index (χ4n) is 0.926. The summed E-state index contributed by atoms with van der Waals surface area (Å²) in [5, 5.41) is 0. The molecule has 0 aliphatic carbocycles. The highest BCUT2D eigenvalue weighted by atomic mass is 16.5. The van der Waals surface area contributed by atoms with Crippen LogP contribution in [0.5, 0.6) is 0 Å². The average molecular weight is 141 g/mol. The lowest BCUT2D eigenvalue weighted by Crippen LogP contribution is -2.18. The van der Waals surface area contributed by atoms with Gasteiger partial charge in [-0.25, -0.2) is 4.79 Å². The predicted molar refractivity (Wildman–Crippen MR) is 38.1 cm³/mol. The number of rotatable bonds is 2. The van der Waals surface area contributed by atoms with E-state index in [2.05, 4.69) is 4.99 Å². The molecule has 0 bridgehead atoms. The zero-order chi connectivity index (χ0) is 7.40. The lowest BCUT2D eigenvalue weighted by atomic mass is 10.2. The Balaban J connectivity index is 2.33. The van der Waals surface area contributed by atoms with Crippen LogP contribution < -0.4 is 0 Å². The van der Waals surface area contributed by atoms with Crippen LogP contribution >= 0.6 is 0 Å². The van der Waals surface area contributed by atoms with Gasteiger partial charge < -0.3 is 4.74 Å². The van der Waals surface area contributed by atoms with Crippen molar-refractivity contribution in [3.63, 3.8) is 0 Å². The molecule has 1 rings (SSSR count). The van der Waals surface area contributed by atoms with Gasteiger partial charge in [-0.1, -0.05) is 0 Å². The van der Waals surface area contributed by atoms with E-state index in [0.29, 0.717) is 6.61 Å². The fraction of sp³-hybridized carbons (Fsp3) is 0.714. The van der Waals surface area contributed by atoms with Gasteiger partial charge in [-0.05, 0) is 26.0 Å². The maximum absolute atomic E-state index is 10.9. The lowest BCUT2D eigenvalue weighted by molar-refractivity contribution is -0.144. The van der Waals surface area contributed by atoms with Crippen LogP contribution in [0.2, 0.25) is 0 Å². The van der Waals surface area contributed by atoms with Crippen molar-refractivity contribution in [2.75, 3.05) is 6.61 Å². The van der Waals surface area contributed by atoms with Gasteiger partial charge in [-0.3, -0.25) is 4.99 Å². The summed E-state index contributed by atoms with van der Waals surface area (Å²) >= 11 is 0. The average Bonchev–Trinajstić information content (AvgIpc) is 2.38. The molecule has 0 aromatic rings. The first-order valence-corrected chi connectivity index (χ1v) is 3.53. The summed E-state index contributed by atoms with van der Waals surface area (Å²) in [6, 6.07) is -0.208. The minimum absolute atomic E-state index is 0.184. The first kappa shape index (κ1) is 7.25. The van der Waals surface area contributed by atoms with Gasteiger partial charge >= 0.3 is 5.97 Å². The second-order valence-electron chi connectivity index (χ2n) is 2.18.